The third-order valence-electron chi connectivity index (χ3n) is 6.09. The van der Waals surface area contributed by atoms with Gasteiger partial charge in [-0.3, -0.25) is 9.59 Å². The molecule has 0 bridgehead atoms. The van der Waals surface area contributed by atoms with Crippen LogP contribution < -0.4 is 9.47 Å². The molecule has 0 spiro atoms. The molecule has 30 heavy (non-hydrogen) atoms. The molecule has 3 atom stereocenters. The van der Waals surface area contributed by atoms with E-state index in [4.69, 9.17) is 9.47 Å². The summed E-state index contributed by atoms with van der Waals surface area (Å²) in [7, 11) is 0. The van der Waals surface area contributed by atoms with Gasteiger partial charge in [-0.25, -0.2) is 4.39 Å². The van der Waals surface area contributed by atoms with Gasteiger partial charge in [-0.1, -0.05) is 24.3 Å². The first-order valence-electron chi connectivity index (χ1n) is 10.3. The second-order valence-electron chi connectivity index (χ2n) is 8.02. The Morgan fingerprint density at radius 1 is 0.867 bits per heavy atom. The first-order chi connectivity index (χ1) is 14.6. The number of rotatable bonds is 3. The molecule has 2 aliphatic heterocycles. The van der Waals surface area contributed by atoms with Crippen molar-refractivity contribution in [2.45, 2.75) is 18.4 Å². The van der Waals surface area contributed by atoms with Crippen LogP contribution in [0.15, 0.2) is 48.5 Å². The Labute approximate surface area is 174 Å². The Kier molecular flexibility index (Phi) is 4.81. The molecule has 5 rings (SSSR count). The number of para-hydroxylation sites is 2. The topological polar surface area (TPSA) is 59.1 Å². The van der Waals surface area contributed by atoms with Crippen LogP contribution in [0.4, 0.5) is 4.39 Å². The molecule has 3 aliphatic rings. The van der Waals surface area contributed by atoms with Gasteiger partial charge in [-0.05, 0) is 42.2 Å². The normalized spacial score (nSPS) is 25.0. The lowest BCUT2D eigenvalue weighted by molar-refractivity contribution is -0.146. The second-order valence-corrected chi connectivity index (χ2v) is 8.02. The van der Waals surface area contributed by atoms with Crippen molar-refractivity contribution in [1.82, 2.24) is 9.80 Å². The van der Waals surface area contributed by atoms with Crippen molar-refractivity contribution in [3.8, 4) is 11.5 Å². The van der Waals surface area contributed by atoms with Gasteiger partial charge in [0.25, 0.3) is 5.91 Å². The number of hydrogen-bond donors (Lipinski definition) is 0. The highest BCUT2D eigenvalue weighted by atomic mass is 19.1. The Hall–Kier alpha value is -3.09. The summed E-state index contributed by atoms with van der Waals surface area (Å²) in [6.45, 7) is 2.19. The Morgan fingerprint density at radius 2 is 1.50 bits per heavy atom. The molecule has 0 radical (unpaired) electrons. The van der Waals surface area contributed by atoms with Crippen molar-refractivity contribution >= 4 is 11.8 Å². The van der Waals surface area contributed by atoms with Gasteiger partial charge < -0.3 is 19.3 Å². The molecule has 2 fully saturated rings. The predicted molar refractivity (Wildman–Crippen MR) is 107 cm³/mol. The summed E-state index contributed by atoms with van der Waals surface area (Å²) >= 11 is 0. The highest BCUT2D eigenvalue weighted by Crippen LogP contribution is 2.48. The number of amides is 2. The molecule has 0 N–H and O–H groups in total. The Morgan fingerprint density at radius 3 is 2.20 bits per heavy atom. The summed E-state index contributed by atoms with van der Waals surface area (Å²) in [5.74, 6) is 1.12. The van der Waals surface area contributed by atoms with Crippen LogP contribution in [-0.4, -0.2) is 60.5 Å². The Bertz CT molecular complexity index is 956. The van der Waals surface area contributed by atoms with E-state index in [9.17, 15) is 14.0 Å². The fourth-order valence-corrected chi connectivity index (χ4v) is 4.27. The van der Waals surface area contributed by atoms with Crippen molar-refractivity contribution in [3.63, 3.8) is 0 Å². The number of ether oxygens (including phenoxy) is 2. The van der Waals surface area contributed by atoms with Crippen LogP contribution in [0.25, 0.3) is 0 Å². The van der Waals surface area contributed by atoms with Crippen molar-refractivity contribution in [1.29, 1.82) is 0 Å². The van der Waals surface area contributed by atoms with E-state index in [2.05, 4.69) is 0 Å². The summed E-state index contributed by atoms with van der Waals surface area (Å²) in [6.07, 6.45) is 0.143. The highest BCUT2D eigenvalue weighted by molar-refractivity contribution is 5.84. The first-order valence-corrected chi connectivity index (χ1v) is 10.3. The van der Waals surface area contributed by atoms with Crippen LogP contribution in [-0.2, 0) is 9.59 Å². The van der Waals surface area contributed by atoms with Gasteiger partial charge in [0.2, 0.25) is 12.0 Å². The average molecular weight is 410 g/mol. The fraction of sp³-hybridized carbons (Fsp3) is 0.391. The molecule has 6 nitrogen and oxygen atoms in total. The molecule has 0 aromatic heterocycles. The number of carbonyl (C=O) groups excluding carboxylic acids is 2. The molecule has 2 amide bonds. The highest BCUT2D eigenvalue weighted by Gasteiger charge is 2.46. The number of fused-ring (bicyclic) bond motifs is 1. The van der Waals surface area contributed by atoms with E-state index >= 15 is 0 Å². The number of nitrogens with zero attached hydrogens (tertiary/aromatic N) is 2. The minimum absolute atomic E-state index is 0.0377. The van der Waals surface area contributed by atoms with Crippen LogP contribution >= 0.6 is 0 Å². The smallest absolute Gasteiger partial charge is 0.267 e. The van der Waals surface area contributed by atoms with Crippen LogP contribution in [0.5, 0.6) is 11.5 Å². The summed E-state index contributed by atoms with van der Waals surface area (Å²) in [4.78, 5) is 29.3. The molecule has 2 aromatic rings. The molecular formula is C23H23FN2O4. The molecule has 156 valence electrons. The quantitative estimate of drug-likeness (QED) is 0.780. The minimum Gasteiger partial charge on any atom is -0.485 e. The van der Waals surface area contributed by atoms with E-state index in [1.165, 1.54) is 12.1 Å². The van der Waals surface area contributed by atoms with Gasteiger partial charge in [-0.15, -0.1) is 0 Å². The van der Waals surface area contributed by atoms with Crippen molar-refractivity contribution in [3.05, 3.63) is 59.9 Å². The summed E-state index contributed by atoms with van der Waals surface area (Å²) in [5, 5.41) is 0. The zero-order valence-electron chi connectivity index (χ0n) is 16.5. The van der Waals surface area contributed by atoms with E-state index in [-0.39, 0.29) is 36.1 Å². The van der Waals surface area contributed by atoms with Crippen molar-refractivity contribution in [2.24, 2.45) is 5.92 Å². The number of halogens is 1. The monoisotopic (exact) mass is 410 g/mol. The molecular weight excluding hydrogens is 387 g/mol. The summed E-state index contributed by atoms with van der Waals surface area (Å²) in [5.41, 5.74) is 1.01. The van der Waals surface area contributed by atoms with Gasteiger partial charge in [-0.2, -0.15) is 0 Å². The third-order valence-corrected chi connectivity index (χ3v) is 6.09. The van der Waals surface area contributed by atoms with Crippen LogP contribution in [0.3, 0.4) is 0 Å². The van der Waals surface area contributed by atoms with E-state index in [0.29, 0.717) is 37.7 Å². The van der Waals surface area contributed by atoms with Crippen molar-refractivity contribution in [2.75, 3.05) is 32.8 Å². The van der Waals surface area contributed by atoms with Crippen LogP contribution in [0.2, 0.25) is 0 Å². The SMILES string of the molecule is O=C([C@@H]1COc2ccccc2O1)N1CCN(C(=O)[C@@H]2C[C@H]2c2ccc(F)cc2)CC1. The molecule has 1 saturated heterocycles. The van der Waals surface area contributed by atoms with E-state index < -0.39 is 6.10 Å². The number of benzene rings is 2. The van der Waals surface area contributed by atoms with E-state index in [0.717, 1.165) is 12.0 Å². The number of piperazine rings is 1. The summed E-state index contributed by atoms with van der Waals surface area (Å²) < 4.78 is 24.6. The molecule has 1 aliphatic carbocycles. The van der Waals surface area contributed by atoms with Gasteiger partial charge in [0, 0.05) is 32.1 Å². The van der Waals surface area contributed by atoms with Gasteiger partial charge >= 0.3 is 0 Å². The van der Waals surface area contributed by atoms with Crippen LogP contribution in [0.1, 0.15) is 17.9 Å². The van der Waals surface area contributed by atoms with Gasteiger partial charge in [0.1, 0.15) is 12.4 Å². The maximum atomic E-state index is 13.1. The number of carbonyl (C=O) groups is 2. The maximum absolute atomic E-state index is 13.1. The first kappa shape index (κ1) is 18.9. The van der Waals surface area contributed by atoms with Crippen molar-refractivity contribution < 1.29 is 23.5 Å². The molecule has 1 saturated carbocycles. The standard InChI is InChI=1S/C23H23FN2O4/c24-16-7-5-15(6-8-16)17-13-18(17)22(27)25-9-11-26(12-10-25)23(28)21-14-29-19-3-1-2-4-20(19)30-21/h1-8,17-18,21H,9-14H2/t17-,18+,21-/m0/s1. The lowest BCUT2D eigenvalue weighted by Gasteiger charge is -2.37. The molecule has 0 unspecified atom stereocenters. The van der Waals surface area contributed by atoms with E-state index in [1.807, 2.05) is 23.1 Å². The minimum atomic E-state index is -0.659. The number of hydrogen-bond acceptors (Lipinski definition) is 4. The second kappa shape index (κ2) is 7.63. The lowest BCUT2D eigenvalue weighted by atomic mass is 10.1. The molecule has 7 heteroatoms. The predicted octanol–water partition coefficient (Wildman–Crippen LogP) is 2.44. The molecule has 2 aromatic carbocycles. The van der Waals surface area contributed by atoms with Crippen LogP contribution in [0, 0.1) is 11.7 Å². The Balaban J connectivity index is 1.14. The lowest BCUT2D eigenvalue weighted by Crippen LogP contribution is -2.55. The molecule has 2 heterocycles. The van der Waals surface area contributed by atoms with Gasteiger partial charge in [0.15, 0.2) is 11.5 Å². The largest absolute Gasteiger partial charge is 0.485 e. The zero-order chi connectivity index (χ0) is 20.7. The third kappa shape index (κ3) is 3.60. The summed E-state index contributed by atoms with van der Waals surface area (Å²) in [6, 6.07) is 13.7. The van der Waals surface area contributed by atoms with Gasteiger partial charge in [0.05, 0.1) is 0 Å². The zero-order valence-corrected chi connectivity index (χ0v) is 16.5. The fourth-order valence-electron chi connectivity index (χ4n) is 4.27. The average Bonchev–Trinajstić information content (AvgIpc) is 3.59. The van der Waals surface area contributed by atoms with E-state index in [1.54, 1.807) is 23.1 Å². The maximum Gasteiger partial charge on any atom is 0.267 e.